The number of hydrogen-bond donors (Lipinski definition) is 1. The summed E-state index contributed by atoms with van der Waals surface area (Å²) in [6.07, 6.45) is 1.79. The molecule has 0 aliphatic carbocycles. The second-order valence-electron chi connectivity index (χ2n) is 5.76. The highest BCUT2D eigenvalue weighted by atomic mass is 32.2. The molecule has 1 aromatic heterocycles. The van der Waals surface area contributed by atoms with Crippen molar-refractivity contribution in [3.8, 4) is 11.3 Å². The molecular weight excluding hydrogens is 316 g/mol. The average Bonchev–Trinajstić information content (AvgIpc) is 3.18. The molecule has 0 spiro atoms. The summed E-state index contributed by atoms with van der Waals surface area (Å²) in [7, 11) is -3.50. The van der Waals surface area contributed by atoms with Gasteiger partial charge in [0.2, 0.25) is 10.0 Å². The fourth-order valence-electron chi connectivity index (χ4n) is 2.71. The minimum absolute atomic E-state index is 0.0561. The van der Waals surface area contributed by atoms with Gasteiger partial charge >= 0.3 is 0 Å². The van der Waals surface area contributed by atoms with Crippen LogP contribution >= 0.6 is 0 Å². The van der Waals surface area contributed by atoms with Gasteiger partial charge in [-0.2, -0.15) is 0 Å². The van der Waals surface area contributed by atoms with E-state index in [-0.39, 0.29) is 17.9 Å². The Morgan fingerprint density at radius 3 is 2.83 bits per heavy atom. The summed E-state index contributed by atoms with van der Waals surface area (Å²) in [5.41, 5.74) is 1.52. The van der Waals surface area contributed by atoms with Crippen molar-refractivity contribution in [2.24, 2.45) is 0 Å². The molecule has 1 N–H and O–H groups in total. The van der Waals surface area contributed by atoms with Crippen molar-refractivity contribution in [3.05, 3.63) is 42.2 Å². The smallest absolute Gasteiger partial charge is 0.219 e. The Morgan fingerprint density at radius 2 is 2.13 bits per heavy atom. The lowest BCUT2D eigenvalue weighted by molar-refractivity contribution is 0.0902. The van der Waals surface area contributed by atoms with Crippen LogP contribution in [0, 0.1) is 0 Å². The van der Waals surface area contributed by atoms with Crippen LogP contribution in [0.25, 0.3) is 11.3 Å². The maximum atomic E-state index is 12.3. The summed E-state index contributed by atoms with van der Waals surface area (Å²) >= 11 is 0. The molecule has 0 unspecified atom stereocenters. The molecule has 1 saturated heterocycles. The van der Waals surface area contributed by atoms with Crippen molar-refractivity contribution in [1.29, 1.82) is 0 Å². The maximum absolute atomic E-state index is 12.3. The van der Waals surface area contributed by atoms with Crippen molar-refractivity contribution < 1.29 is 17.7 Å². The van der Waals surface area contributed by atoms with Gasteiger partial charge in [0.05, 0.1) is 6.10 Å². The van der Waals surface area contributed by atoms with Crippen LogP contribution in [-0.2, 0) is 20.5 Å². The van der Waals surface area contributed by atoms with E-state index in [1.54, 1.807) is 6.07 Å². The van der Waals surface area contributed by atoms with Crippen LogP contribution < -0.4 is 4.72 Å². The Kier molecular flexibility index (Phi) is 4.79. The van der Waals surface area contributed by atoms with Crippen molar-refractivity contribution in [3.63, 3.8) is 0 Å². The van der Waals surface area contributed by atoms with Gasteiger partial charge in [-0.15, -0.1) is 0 Å². The fraction of sp³-hybridized carbons (Fsp3) is 0.438. The van der Waals surface area contributed by atoms with E-state index in [1.165, 1.54) is 0 Å². The highest BCUT2D eigenvalue weighted by Gasteiger charge is 2.27. The first-order valence-electron chi connectivity index (χ1n) is 7.66. The molecule has 7 heteroatoms. The van der Waals surface area contributed by atoms with E-state index in [4.69, 9.17) is 9.26 Å². The zero-order valence-electron chi connectivity index (χ0n) is 12.9. The van der Waals surface area contributed by atoms with Gasteiger partial charge in [-0.05, 0) is 19.8 Å². The SMILES string of the molecule is C[C@@H](NS(=O)(=O)Cc1cc(-c2ccccc2)no1)[C@@H]1CCCO1. The number of hydrogen-bond acceptors (Lipinski definition) is 5. The molecular formula is C16H20N2O4S. The minimum atomic E-state index is -3.50. The van der Waals surface area contributed by atoms with Gasteiger partial charge < -0.3 is 9.26 Å². The highest BCUT2D eigenvalue weighted by molar-refractivity contribution is 7.88. The summed E-state index contributed by atoms with van der Waals surface area (Å²) in [6.45, 7) is 2.52. The molecule has 1 aromatic carbocycles. The Balaban J connectivity index is 1.65. The van der Waals surface area contributed by atoms with Crippen molar-refractivity contribution in [2.45, 2.75) is 37.7 Å². The van der Waals surface area contributed by atoms with Gasteiger partial charge in [0.25, 0.3) is 0 Å². The predicted molar refractivity (Wildman–Crippen MR) is 86.1 cm³/mol. The minimum Gasteiger partial charge on any atom is -0.377 e. The molecule has 23 heavy (non-hydrogen) atoms. The van der Waals surface area contributed by atoms with Gasteiger partial charge in [0.15, 0.2) is 5.76 Å². The third kappa shape index (κ3) is 4.19. The van der Waals surface area contributed by atoms with E-state index in [9.17, 15) is 8.42 Å². The Bertz CT molecular complexity index is 736. The Labute approximate surface area is 135 Å². The molecule has 0 radical (unpaired) electrons. The van der Waals surface area contributed by atoms with E-state index in [0.29, 0.717) is 18.1 Å². The quantitative estimate of drug-likeness (QED) is 0.875. The Morgan fingerprint density at radius 1 is 1.35 bits per heavy atom. The van der Waals surface area contributed by atoms with Crippen LogP contribution in [0.1, 0.15) is 25.5 Å². The number of benzene rings is 1. The first kappa shape index (κ1) is 16.2. The summed E-state index contributed by atoms with van der Waals surface area (Å²) in [6, 6.07) is 10.9. The molecule has 3 rings (SSSR count). The van der Waals surface area contributed by atoms with E-state index >= 15 is 0 Å². The third-order valence-electron chi connectivity index (χ3n) is 3.85. The summed E-state index contributed by atoms with van der Waals surface area (Å²) in [5.74, 6) is 0.0834. The van der Waals surface area contributed by atoms with Crippen LogP contribution in [0.3, 0.4) is 0 Å². The summed E-state index contributed by atoms with van der Waals surface area (Å²) < 4.78 is 37.8. The molecule has 0 bridgehead atoms. The Hall–Kier alpha value is -1.70. The molecule has 1 aliphatic heterocycles. The predicted octanol–water partition coefficient (Wildman–Crippen LogP) is 2.33. The first-order chi connectivity index (χ1) is 11.0. The maximum Gasteiger partial charge on any atom is 0.219 e. The van der Waals surface area contributed by atoms with Crippen LogP contribution in [0.2, 0.25) is 0 Å². The molecule has 0 saturated carbocycles. The van der Waals surface area contributed by atoms with Gasteiger partial charge in [-0.25, -0.2) is 13.1 Å². The van der Waals surface area contributed by atoms with Crippen molar-refractivity contribution >= 4 is 10.0 Å². The molecule has 2 heterocycles. The lowest BCUT2D eigenvalue weighted by Gasteiger charge is -2.19. The summed E-state index contributed by atoms with van der Waals surface area (Å²) in [5, 5.41) is 3.94. The average molecular weight is 336 g/mol. The lowest BCUT2D eigenvalue weighted by Crippen LogP contribution is -2.41. The van der Waals surface area contributed by atoms with Crippen molar-refractivity contribution in [2.75, 3.05) is 6.61 Å². The monoisotopic (exact) mass is 336 g/mol. The van der Waals surface area contributed by atoms with E-state index in [1.807, 2.05) is 37.3 Å². The van der Waals surface area contributed by atoms with E-state index in [2.05, 4.69) is 9.88 Å². The van der Waals surface area contributed by atoms with Crippen LogP contribution in [-0.4, -0.2) is 32.3 Å². The number of ether oxygens (including phenoxy) is 1. The lowest BCUT2D eigenvalue weighted by atomic mass is 10.1. The zero-order valence-corrected chi connectivity index (χ0v) is 13.8. The second-order valence-corrected chi connectivity index (χ2v) is 7.52. The normalized spacial score (nSPS) is 19.8. The van der Waals surface area contributed by atoms with Crippen LogP contribution in [0.15, 0.2) is 40.9 Å². The molecule has 1 aliphatic rings. The van der Waals surface area contributed by atoms with Gasteiger partial charge in [0, 0.05) is 24.3 Å². The first-order valence-corrected chi connectivity index (χ1v) is 9.31. The van der Waals surface area contributed by atoms with Crippen LogP contribution in [0.5, 0.6) is 0 Å². The molecule has 1 fully saturated rings. The number of sulfonamides is 1. The number of aromatic nitrogens is 1. The third-order valence-corrected chi connectivity index (χ3v) is 5.24. The standard InChI is InChI=1S/C16H20N2O4S/c1-12(16-8-5-9-21-16)18-23(19,20)11-14-10-15(17-22-14)13-6-3-2-4-7-13/h2-4,6-7,10,12,16,18H,5,8-9,11H2,1H3/t12-,16+/m1/s1. The topological polar surface area (TPSA) is 81.4 Å². The summed E-state index contributed by atoms with van der Waals surface area (Å²) in [4.78, 5) is 0. The number of nitrogens with one attached hydrogen (secondary N) is 1. The van der Waals surface area contributed by atoms with Gasteiger partial charge in [-0.3, -0.25) is 0 Å². The molecule has 6 nitrogen and oxygen atoms in total. The molecule has 124 valence electrons. The van der Waals surface area contributed by atoms with E-state index < -0.39 is 10.0 Å². The fourth-order valence-corrected chi connectivity index (χ4v) is 4.02. The largest absolute Gasteiger partial charge is 0.377 e. The number of rotatable bonds is 6. The van der Waals surface area contributed by atoms with Crippen LogP contribution in [0.4, 0.5) is 0 Å². The zero-order chi connectivity index (χ0) is 16.3. The molecule has 2 atom stereocenters. The highest BCUT2D eigenvalue weighted by Crippen LogP contribution is 2.20. The van der Waals surface area contributed by atoms with Gasteiger partial charge in [-0.1, -0.05) is 35.5 Å². The number of nitrogens with zero attached hydrogens (tertiary/aromatic N) is 1. The van der Waals surface area contributed by atoms with E-state index in [0.717, 1.165) is 18.4 Å². The second kappa shape index (κ2) is 6.82. The van der Waals surface area contributed by atoms with Gasteiger partial charge in [0.1, 0.15) is 11.4 Å². The molecule has 2 aromatic rings. The molecule has 0 amide bonds. The van der Waals surface area contributed by atoms with Crippen molar-refractivity contribution in [1.82, 2.24) is 9.88 Å².